The van der Waals surface area contributed by atoms with Gasteiger partial charge in [0.25, 0.3) is 0 Å². The third-order valence-corrected chi connectivity index (χ3v) is 6.54. The zero-order valence-electron chi connectivity index (χ0n) is 20.2. The summed E-state index contributed by atoms with van der Waals surface area (Å²) in [5, 5.41) is 0. The molecule has 0 aliphatic heterocycles. The van der Waals surface area contributed by atoms with Gasteiger partial charge in [0, 0.05) is 0 Å². The molecule has 0 heterocycles. The average molecular weight is 391 g/mol. The van der Waals surface area contributed by atoms with Crippen LogP contribution in [0.2, 0.25) is 0 Å². The van der Waals surface area contributed by atoms with Crippen molar-refractivity contribution >= 4 is 0 Å². The fraction of sp³-hybridized carbons (Fsp3) is 0.893. The molecule has 0 aliphatic rings. The van der Waals surface area contributed by atoms with Crippen molar-refractivity contribution in [2.24, 2.45) is 17.8 Å². The summed E-state index contributed by atoms with van der Waals surface area (Å²) in [5.41, 5.74) is 2.87. The van der Waals surface area contributed by atoms with Gasteiger partial charge in [0.2, 0.25) is 0 Å². The van der Waals surface area contributed by atoms with Crippen molar-refractivity contribution < 1.29 is 0 Å². The van der Waals surface area contributed by atoms with Crippen LogP contribution in [0.3, 0.4) is 0 Å². The Bertz CT molecular complexity index is 349. The second kappa shape index (κ2) is 21.2. The minimum atomic E-state index is 0.915. The molecule has 28 heavy (non-hydrogen) atoms. The number of hydrogen-bond acceptors (Lipinski definition) is 0. The van der Waals surface area contributed by atoms with Crippen LogP contribution in [0.1, 0.15) is 143 Å². The van der Waals surface area contributed by atoms with Crippen LogP contribution in [0.4, 0.5) is 0 Å². The van der Waals surface area contributed by atoms with Crippen molar-refractivity contribution in [3.8, 4) is 0 Å². The molecule has 0 aliphatic carbocycles. The van der Waals surface area contributed by atoms with Gasteiger partial charge >= 0.3 is 0 Å². The summed E-state index contributed by atoms with van der Waals surface area (Å²) in [7, 11) is 0. The molecule has 0 fully saturated rings. The van der Waals surface area contributed by atoms with E-state index in [2.05, 4.69) is 46.1 Å². The summed E-state index contributed by atoms with van der Waals surface area (Å²) in [5.74, 6) is 2.78. The highest BCUT2D eigenvalue weighted by atomic mass is 14.1. The summed E-state index contributed by atoms with van der Waals surface area (Å²) < 4.78 is 0. The van der Waals surface area contributed by atoms with Crippen molar-refractivity contribution in [1.82, 2.24) is 0 Å². The van der Waals surface area contributed by atoms with Crippen molar-refractivity contribution in [3.63, 3.8) is 0 Å². The molecule has 0 aromatic carbocycles. The van der Waals surface area contributed by atoms with Gasteiger partial charge in [-0.2, -0.15) is 0 Å². The van der Waals surface area contributed by atoms with Crippen LogP contribution >= 0.6 is 0 Å². The second-order valence-corrected chi connectivity index (χ2v) is 9.78. The summed E-state index contributed by atoms with van der Waals surface area (Å²) >= 11 is 0. The first-order valence-corrected chi connectivity index (χ1v) is 12.9. The molecular formula is C28H54. The molecule has 0 saturated heterocycles. The topological polar surface area (TPSA) is 0 Å². The lowest BCUT2D eigenvalue weighted by Gasteiger charge is -2.17. The first kappa shape index (κ1) is 27.5. The minimum absolute atomic E-state index is 0.915. The first-order chi connectivity index (χ1) is 13.6. The van der Waals surface area contributed by atoms with Gasteiger partial charge in [0.15, 0.2) is 0 Å². The Morgan fingerprint density at radius 2 is 1.00 bits per heavy atom. The van der Waals surface area contributed by atoms with Crippen LogP contribution in [0.5, 0.6) is 0 Å². The predicted molar refractivity (Wildman–Crippen MR) is 130 cm³/mol. The molecule has 3 unspecified atom stereocenters. The molecule has 166 valence electrons. The maximum Gasteiger partial charge on any atom is -0.0275 e. The van der Waals surface area contributed by atoms with E-state index in [0.29, 0.717) is 0 Å². The van der Waals surface area contributed by atoms with Crippen molar-refractivity contribution in [2.45, 2.75) is 143 Å². The summed E-state index contributed by atoms with van der Waals surface area (Å²) in [6.45, 7) is 13.3. The van der Waals surface area contributed by atoms with Gasteiger partial charge in [-0.15, -0.1) is 5.73 Å². The van der Waals surface area contributed by atoms with Crippen molar-refractivity contribution in [1.29, 1.82) is 0 Å². The molecule has 0 rings (SSSR count). The summed E-state index contributed by atoms with van der Waals surface area (Å²) in [4.78, 5) is 0. The second-order valence-electron chi connectivity index (χ2n) is 9.78. The van der Waals surface area contributed by atoms with E-state index >= 15 is 0 Å². The van der Waals surface area contributed by atoms with Crippen molar-refractivity contribution in [2.75, 3.05) is 0 Å². The van der Waals surface area contributed by atoms with E-state index in [1.54, 1.807) is 0 Å². The normalized spacial score (nSPS) is 14.4. The zero-order chi connectivity index (χ0) is 20.9. The number of rotatable bonds is 21. The van der Waals surface area contributed by atoms with E-state index in [9.17, 15) is 0 Å². The maximum atomic E-state index is 3.62. The minimum Gasteiger partial charge on any atom is -0.133 e. The molecule has 0 amide bonds. The molecule has 3 atom stereocenters. The van der Waals surface area contributed by atoms with Gasteiger partial charge in [-0.05, 0) is 36.7 Å². The van der Waals surface area contributed by atoms with E-state index in [0.717, 1.165) is 24.2 Å². The summed E-state index contributed by atoms with van der Waals surface area (Å²) in [6, 6.07) is 0. The van der Waals surface area contributed by atoms with Gasteiger partial charge in [0.05, 0.1) is 0 Å². The quantitative estimate of drug-likeness (QED) is 0.135. The van der Waals surface area contributed by atoms with Crippen LogP contribution in [-0.4, -0.2) is 0 Å². The monoisotopic (exact) mass is 390 g/mol. The lowest BCUT2D eigenvalue weighted by molar-refractivity contribution is 0.362. The SMILES string of the molecule is C=C=CCCCCCC(C)CCCC(C)CCC(C)CCCCCCCCC. The third kappa shape index (κ3) is 20.3. The molecular weight excluding hydrogens is 336 g/mol. The largest absolute Gasteiger partial charge is 0.133 e. The predicted octanol–water partition coefficient (Wildman–Crippen LogP) is 10.3. The lowest BCUT2D eigenvalue weighted by Crippen LogP contribution is -2.02. The van der Waals surface area contributed by atoms with E-state index < -0.39 is 0 Å². The van der Waals surface area contributed by atoms with E-state index in [1.165, 1.54) is 109 Å². The van der Waals surface area contributed by atoms with Gasteiger partial charge in [-0.3, -0.25) is 0 Å². The number of allylic oxidation sites excluding steroid dienone is 1. The number of hydrogen-bond donors (Lipinski definition) is 0. The highest BCUT2D eigenvalue weighted by Crippen LogP contribution is 2.23. The average Bonchev–Trinajstić information content (AvgIpc) is 2.68. The van der Waals surface area contributed by atoms with Crippen LogP contribution in [-0.2, 0) is 0 Å². The highest BCUT2D eigenvalue weighted by Gasteiger charge is 2.08. The van der Waals surface area contributed by atoms with Gasteiger partial charge in [-0.1, -0.05) is 137 Å². The van der Waals surface area contributed by atoms with Crippen LogP contribution in [0.25, 0.3) is 0 Å². The lowest BCUT2D eigenvalue weighted by atomic mass is 9.89. The fourth-order valence-electron chi connectivity index (χ4n) is 4.28. The van der Waals surface area contributed by atoms with Crippen molar-refractivity contribution in [3.05, 3.63) is 18.4 Å². The molecule has 0 heteroatoms. The highest BCUT2D eigenvalue weighted by molar-refractivity contribution is 4.75. The smallest absolute Gasteiger partial charge is 0.0275 e. The standard InChI is InChI=1S/C28H54/c1-6-8-10-12-14-16-18-21-27(4)24-25-28(5)23-19-22-26(3)20-17-15-13-11-9-7-2/h9,26-28H,2,6,8,10-25H2,1,3-5H3. The Morgan fingerprint density at radius 3 is 1.54 bits per heavy atom. The van der Waals surface area contributed by atoms with Gasteiger partial charge in [-0.25, -0.2) is 0 Å². The number of unbranched alkanes of at least 4 members (excludes halogenated alkanes) is 9. The molecule has 0 radical (unpaired) electrons. The first-order valence-electron chi connectivity index (χ1n) is 12.9. The molecule has 0 saturated carbocycles. The molecule has 0 N–H and O–H groups in total. The van der Waals surface area contributed by atoms with Crippen LogP contribution in [0.15, 0.2) is 18.4 Å². The molecule has 0 nitrogen and oxygen atoms in total. The summed E-state index contributed by atoms with van der Waals surface area (Å²) in [6.07, 6.45) is 27.5. The van der Waals surface area contributed by atoms with Gasteiger partial charge < -0.3 is 0 Å². The molecule has 0 aromatic rings. The van der Waals surface area contributed by atoms with Crippen LogP contribution < -0.4 is 0 Å². The Balaban J connectivity index is 3.47. The molecule has 0 spiro atoms. The molecule has 0 bridgehead atoms. The Morgan fingerprint density at radius 1 is 0.571 bits per heavy atom. The third-order valence-electron chi connectivity index (χ3n) is 6.54. The maximum absolute atomic E-state index is 3.62. The van der Waals surface area contributed by atoms with E-state index in [4.69, 9.17) is 0 Å². The Hall–Kier alpha value is -0.480. The van der Waals surface area contributed by atoms with Gasteiger partial charge in [0.1, 0.15) is 0 Å². The Labute approximate surface area is 179 Å². The Kier molecular flexibility index (Phi) is 20.9. The van der Waals surface area contributed by atoms with E-state index in [1.807, 2.05) is 0 Å². The van der Waals surface area contributed by atoms with Crippen LogP contribution in [0, 0.1) is 17.8 Å². The molecule has 0 aromatic heterocycles. The van der Waals surface area contributed by atoms with E-state index in [-0.39, 0.29) is 0 Å². The zero-order valence-corrected chi connectivity index (χ0v) is 20.2. The fourth-order valence-corrected chi connectivity index (χ4v) is 4.28.